The Balaban J connectivity index is 3.07. The highest BCUT2D eigenvalue weighted by molar-refractivity contribution is 7.91. The van der Waals surface area contributed by atoms with Crippen LogP contribution in [0.3, 0.4) is 0 Å². The van der Waals surface area contributed by atoms with Gasteiger partial charge in [0.05, 0.1) is 23.7 Å². The molecule has 92 valence electrons. The number of methoxy groups -OCH3 is 1. The Hall–Kier alpha value is -1.54. The maximum Gasteiger partial charge on any atom is 0.156 e. The van der Waals surface area contributed by atoms with Gasteiger partial charge in [0.2, 0.25) is 0 Å². The Labute approximate surface area is 102 Å². The second kappa shape index (κ2) is 5.19. The molecule has 1 aromatic rings. The van der Waals surface area contributed by atoms with Crippen LogP contribution in [0, 0.1) is 11.3 Å². The van der Waals surface area contributed by atoms with Crippen LogP contribution in [0.5, 0.6) is 5.75 Å². The Morgan fingerprint density at radius 1 is 1.41 bits per heavy atom. The molecule has 0 N–H and O–H groups in total. The second-order valence-corrected chi connectivity index (χ2v) is 6.56. The van der Waals surface area contributed by atoms with Crippen LogP contribution in [-0.2, 0) is 15.6 Å². The van der Waals surface area contributed by atoms with E-state index in [9.17, 15) is 8.42 Å². The first-order chi connectivity index (χ1) is 7.90. The molecule has 0 aliphatic carbocycles. The lowest BCUT2D eigenvalue weighted by Crippen LogP contribution is -2.16. The average molecular weight is 253 g/mol. The smallest absolute Gasteiger partial charge is 0.156 e. The Morgan fingerprint density at radius 2 is 2.06 bits per heavy atom. The van der Waals surface area contributed by atoms with Crippen molar-refractivity contribution in [1.82, 2.24) is 0 Å². The van der Waals surface area contributed by atoms with E-state index in [4.69, 9.17) is 10.00 Å². The van der Waals surface area contributed by atoms with Crippen molar-refractivity contribution < 1.29 is 13.2 Å². The molecule has 0 aromatic heterocycles. The lowest BCUT2D eigenvalue weighted by Gasteiger charge is -2.09. The van der Waals surface area contributed by atoms with Gasteiger partial charge in [-0.05, 0) is 31.5 Å². The largest absolute Gasteiger partial charge is 0.495 e. The van der Waals surface area contributed by atoms with Gasteiger partial charge in [-0.2, -0.15) is 5.26 Å². The van der Waals surface area contributed by atoms with E-state index in [2.05, 4.69) is 0 Å². The van der Waals surface area contributed by atoms with Gasteiger partial charge in [0.1, 0.15) is 11.8 Å². The van der Waals surface area contributed by atoms with E-state index in [1.165, 1.54) is 7.11 Å². The van der Waals surface area contributed by atoms with E-state index in [0.717, 1.165) is 0 Å². The summed E-state index contributed by atoms with van der Waals surface area (Å²) in [6.45, 7) is 3.29. The topological polar surface area (TPSA) is 67.2 Å². The van der Waals surface area contributed by atoms with E-state index in [1.54, 1.807) is 32.0 Å². The summed E-state index contributed by atoms with van der Waals surface area (Å²) < 4.78 is 28.5. The maximum atomic E-state index is 11.7. The van der Waals surface area contributed by atoms with Gasteiger partial charge in [0.25, 0.3) is 0 Å². The van der Waals surface area contributed by atoms with Gasteiger partial charge in [-0.3, -0.25) is 0 Å². The molecule has 0 saturated heterocycles. The number of benzene rings is 1. The monoisotopic (exact) mass is 253 g/mol. The summed E-state index contributed by atoms with van der Waals surface area (Å²) in [5, 5.41) is 8.48. The van der Waals surface area contributed by atoms with Crippen LogP contribution >= 0.6 is 0 Å². The van der Waals surface area contributed by atoms with Crippen molar-refractivity contribution in [3.63, 3.8) is 0 Å². The fourth-order valence-corrected chi connectivity index (χ4v) is 2.31. The predicted molar refractivity (Wildman–Crippen MR) is 65.5 cm³/mol. The van der Waals surface area contributed by atoms with Crippen LogP contribution in [0.4, 0.5) is 0 Å². The SMILES string of the molecule is COc1ccc(CS(=O)(=O)C(C)C)cc1C#N. The van der Waals surface area contributed by atoms with Crippen LogP contribution in [0.25, 0.3) is 0 Å². The highest BCUT2D eigenvalue weighted by Crippen LogP contribution is 2.20. The number of sulfone groups is 1. The molecule has 17 heavy (non-hydrogen) atoms. The zero-order valence-corrected chi connectivity index (χ0v) is 10.9. The maximum absolute atomic E-state index is 11.7. The fraction of sp³-hybridized carbons (Fsp3) is 0.417. The molecular formula is C12H15NO3S. The number of ether oxygens (including phenoxy) is 1. The molecule has 0 aliphatic rings. The molecule has 0 amide bonds. The molecule has 5 heteroatoms. The fourth-order valence-electron chi connectivity index (χ4n) is 1.33. The third-order valence-electron chi connectivity index (χ3n) is 2.47. The number of hydrogen-bond donors (Lipinski definition) is 0. The molecule has 0 bridgehead atoms. The summed E-state index contributed by atoms with van der Waals surface area (Å²) in [6, 6.07) is 6.82. The summed E-state index contributed by atoms with van der Waals surface area (Å²) in [4.78, 5) is 0. The van der Waals surface area contributed by atoms with E-state index < -0.39 is 15.1 Å². The van der Waals surface area contributed by atoms with Crippen molar-refractivity contribution in [1.29, 1.82) is 5.26 Å². The number of hydrogen-bond acceptors (Lipinski definition) is 4. The van der Waals surface area contributed by atoms with Crippen molar-refractivity contribution in [2.75, 3.05) is 7.11 Å². The molecular weight excluding hydrogens is 238 g/mol. The van der Waals surface area contributed by atoms with E-state index in [-0.39, 0.29) is 5.75 Å². The van der Waals surface area contributed by atoms with E-state index in [1.807, 2.05) is 6.07 Å². The molecule has 0 heterocycles. The molecule has 4 nitrogen and oxygen atoms in total. The van der Waals surface area contributed by atoms with Crippen LogP contribution in [0.2, 0.25) is 0 Å². The predicted octanol–water partition coefficient (Wildman–Crippen LogP) is 1.89. The summed E-state index contributed by atoms with van der Waals surface area (Å²) in [5.41, 5.74) is 0.958. The zero-order chi connectivity index (χ0) is 13.1. The van der Waals surface area contributed by atoms with Gasteiger partial charge < -0.3 is 4.74 Å². The molecule has 0 aliphatic heterocycles. The standard InChI is InChI=1S/C12H15NO3S/c1-9(2)17(14,15)8-10-4-5-12(16-3)11(6-10)7-13/h4-6,9H,8H2,1-3H3. The molecule has 0 unspecified atom stereocenters. The molecule has 1 aromatic carbocycles. The first kappa shape index (κ1) is 13.5. The molecule has 1 rings (SSSR count). The second-order valence-electron chi connectivity index (χ2n) is 4.00. The van der Waals surface area contributed by atoms with Crippen molar-refractivity contribution in [2.24, 2.45) is 0 Å². The zero-order valence-electron chi connectivity index (χ0n) is 10.1. The van der Waals surface area contributed by atoms with Crippen molar-refractivity contribution in [2.45, 2.75) is 24.9 Å². The van der Waals surface area contributed by atoms with Crippen LogP contribution < -0.4 is 4.74 Å². The van der Waals surface area contributed by atoms with Gasteiger partial charge in [0, 0.05) is 0 Å². The van der Waals surface area contributed by atoms with Crippen molar-refractivity contribution >= 4 is 9.84 Å². The van der Waals surface area contributed by atoms with Gasteiger partial charge >= 0.3 is 0 Å². The summed E-state index contributed by atoms with van der Waals surface area (Å²) in [7, 11) is -1.67. The van der Waals surface area contributed by atoms with Crippen molar-refractivity contribution in [3.05, 3.63) is 29.3 Å². The van der Waals surface area contributed by atoms with Gasteiger partial charge in [-0.25, -0.2) is 8.42 Å². The minimum Gasteiger partial charge on any atom is -0.495 e. The molecule has 0 atom stereocenters. The Morgan fingerprint density at radius 3 is 2.53 bits per heavy atom. The quantitative estimate of drug-likeness (QED) is 0.821. The Kier molecular flexibility index (Phi) is 4.13. The lowest BCUT2D eigenvalue weighted by atomic mass is 10.1. The summed E-state index contributed by atoms with van der Waals surface area (Å²) >= 11 is 0. The first-order valence-electron chi connectivity index (χ1n) is 5.19. The minimum absolute atomic E-state index is 0.0522. The van der Waals surface area contributed by atoms with Crippen LogP contribution in [0.1, 0.15) is 25.0 Å². The van der Waals surface area contributed by atoms with Gasteiger partial charge in [-0.15, -0.1) is 0 Å². The molecule has 0 radical (unpaired) electrons. The number of nitrogens with zero attached hydrogens (tertiary/aromatic N) is 1. The first-order valence-corrected chi connectivity index (χ1v) is 6.91. The normalized spacial score (nSPS) is 11.2. The number of rotatable bonds is 4. The highest BCUT2D eigenvalue weighted by Gasteiger charge is 2.17. The lowest BCUT2D eigenvalue weighted by molar-refractivity contribution is 0.413. The van der Waals surface area contributed by atoms with E-state index in [0.29, 0.717) is 16.9 Å². The summed E-state index contributed by atoms with van der Waals surface area (Å²) in [6.07, 6.45) is 0. The number of nitriles is 1. The third kappa shape index (κ3) is 3.21. The molecule has 0 spiro atoms. The Bertz CT molecular complexity index is 541. The average Bonchev–Trinajstić information content (AvgIpc) is 2.28. The summed E-state index contributed by atoms with van der Waals surface area (Å²) in [5.74, 6) is 0.404. The van der Waals surface area contributed by atoms with Crippen LogP contribution in [0.15, 0.2) is 18.2 Å². The van der Waals surface area contributed by atoms with Crippen molar-refractivity contribution in [3.8, 4) is 11.8 Å². The highest BCUT2D eigenvalue weighted by atomic mass is 32.2. The van der Waals surface area contributed by atoms with Gasteiger partial charge in [-0.1, -0.05) is 6.07 Å². The van der Waals surface area contributed by atoms with Crippen LogP contribution in [-0.4, -0.2) is 20.8 Å². The molecule has 0 saturated carbocycles. The van der Waals surface area contributed by atoms with E-state index >= 15 is 0 Å². The minimum atomic E-state index is -3.15. The third-order valence-corrected chi connectivity index (χ3v) is 4.64. The van der Waals surface area contributed by atoms with Gasteiger partial charge in [0.15, 0.2) is 9.84 Å². The molecule has 0 fully saturated rings.